The minimum absolute atomic E-state index is 0.00585. The Kier molecular flexibility index (Phi) is 5.09. The second-order valence-electron chi connectivity index (χ2n) is 6.52. The minimum Gasteiger partial charge on any atom is -0.341 e. The first-order valence-corrected chi connectivity index (χ1v) is 8.69. The molecule has 2 aromatic carbocycles. The number of nitrogens with zero attached hydrogens (tertiary/aromatic N) is 2. The highest BCUT2D eigenvalue weighted by Gasteiger charge is 2.36. The van der Waals surface area contributed by atoms with Gasteiger partial charge in [-0.1, -0.05) is 41.9 Å². The molecule has 1 aliphatic heterocycles. The van der Waals surface area contributed by atoms with E-state index in [1.54, 1.807) is 22.9 Å². The van der Waals surface area contributed by atoms with Crippen LogP contribution in [0.5, 0.6) is 0 Å². The summed E-state index contributed by atoms with van der Waals surface area (Å²) in [4.78, 5) is 28.6. The second kappa shape index (κ2) is 7.28. The van der Waals surface area contributed by atoms with Crippen LogP contribution in [0.2, 0.25) is 5.02 Å². The fourth-order valence-electron chi connectivity index (χ4n) is 3.27. The van der Waals surface area contributed by atoms with Gasteiger partial charge in [-0.15, -0.1) is 0 Å². The van der Waals surface area contributed by atoms with E-state index in [0.29, 0.717) is 18.1 Å². The summed E-state index contributed by atoms with van der Waals surface area (Å²) in [6, 6.07) is 15.3. The molecule has 1 heterocycles. The number of carbonyl (C=O) groups is 2. The lowest BCUT2D eigenvalue weighted by molar-refractivity contribution is -0.135. The van der Waals surface area contributed by atoms with E-state index in [9.17, 15) is 9.59 Å². The normalized spacial score (nSPS) is 17.0. The summed E-state index contributed by atoms with van der Waals surface area (Å²) < 4.78 is 0. The molecule has 5 heteroatoms. The molecule has 3 rings (SSSR count). The zero-order valence-corrected chi connectivity index (χ0v) is 15.2. The van der Waals surface area contributed by atoms with Gasteiger partial charge in [-0.3, -0.25) is 9.59 Å². The molecule has 1 unspecified atom stereocenters. The highest BCUT2D eigenvalue weighted by atomic mass is 35.5. The summed E-state index contributed by atoms with van der Waals surface area (Å²) in [5, 5.41) is 0.642. The summed E-state index contributed by atoms with van der Waals surface area (Å²) in [6.07, 6.45) is 0.250. The Labute approximate surface area is 153 Å². The number of amides is 2. The first kappa shape index (κ1) is 17.5. The van der Waals surface area contributed by atoms with Crippen molar-refractivity contribution in [3.05, 3.63) is 64.7 Å². The number of hydrogen-bond acceptors (Lipinski definition) is 2. The molecule has 0 aliphatic carbocycles. The Morgan fingerprint density at radius 3 is 2.64 bits per heavy atom. The van der Waals surface area contributed by atoms with Crippen LogP contribution >= 0.6 is 11.6 Å². The summed E-state index contributed by atoms with van der Waals surface area (Å²) in [5.74, 6) is -0.320. The number of hydrogen-bond donors (Lipinski definition) is 0. The van der Waals surface area contributed by atoms with Crippen molar-refractivity contribution >= 4 is 29.1 Å². The second-order valence-corrected chi connectivity index (χ2v) is 6.95. The Bertz CT molecular complexity index is 792. The van der Waals surface area contributed by atoms with E-state index in [-0.39, 0.29) is 24.2 Å². The summed E-state index contributed by atoms with van der Waals surface area (Å²) >= 11 is 5.99. The number of carbonyl (C=O) groups excluding carboxylic acids is 2. The van der Waals surface area contributed by atoms with Crippen molar-refractivity contribution in [2.45, 2.75) is 19.9 Å². The number of halogens is 1. The quantitative estimate of drug-likeness (QED) is 0.838. The van der Waals surface area contributed by atoms with Gasteiger partial charge in [0.25, 0.3) is 0 Å². The third kappa shape index (κ3) is 3.85. The fraction of sp³-hybridized carbons (Fsp3) is 0.300. The van der Waals surface area contributed by atoms with Crippen LogP contribution in [0.1, 0.15) is 17.5 Å². The third-order valence-electron chi connectivity index (χ3n) is 4.56. The molecule has 2 amide bonds. The van der Waals surface area contributed by atoms with Gasteiger partial charge in [-0.2, -0.15) is 0 Å². The molecule has 0 spiro atoms. The van der Waals surface area contributed by atoms with Crippen molar-refractivity contribution in [1.82, 2.24) is 4.90 Å². The van der Waals surface area contributed by atoms with Crippen LogP contribution in [0, 0.1) is 12.8 Å². The zero-order chi connectivity index (χ0) is 18.0. The highest BCUT2D eigenvalue weighted by Crippen LogP contribution is 2.30. The Morgan fingerprint density at radius 1 is 1.24 bits per heavy atom. The minimum atomic E-state index is -0.309. The molecule has 0 radical (unpaired) electrons. The summed E-state index contributed by atoms with van der Waals surface area (Å²) in [7, 11) is 1.79. The van der Waals surface area contributed by atoms with Crippen LogP contribution in [-0.2, 0) is 16.1 Å². The molecule has 4 nitrogen and oxygen atoms in total. The highest BCUT2D eigenvalue weighted by molar-refractivity contribution is 6.30. The Balaban J connectivity index is 1.70. The van der Waals surface area contributed by atoms with Crippen LogP contribution in [0.25, 0.3) is 0 Å². The van der Waals surface area contributed by atoms with Crippen LogP contribution < -0.4 is 4.90 Å². The standard InChI is InChI=1S/C20H21ClN2O2/c1-14-10-17(21)8-9-18(14)23-13-16(11-19(23)24)20(25)22(2)12-15-6-4-3-5-7-15/h3-10,16H,11-13H2,1-2H3. The molecule has 1 atom stereocenters. The van der Waals surface area contributed by atoms with Gasteiger partial charge in [0.2, 0.25) is 11.8 Å². The molecular weight excluding hydrogens is 336 g/mol. The smallest absolute Gasteiger partial charge is 0.228 e. The molecule has 1 fully saturated rings. The largest absolute Gasteiger partial charge is 0.341 e. The monoisotopic (exact) mass is 356 g/mol. The molecule has 0 bridgehead atoms. The summed E-state index contributed by atoms with van der Waals surface area (Å²) in [5.41, 5.74) is 2.84. The first-order chi connectivity index (χ1) is 12.0. The van der Waals surface area contributed by atoms with Crippen LogP contribution in [0.3, 0.4) is 0 Å². The van der Waals surface area contributed by atoms with Crippen LogP contribution in [0.15, 0.2) is 48.5 Å². The lowest BCUT2D eigenvalue weighted by Crippen LogP contribution is -2.34. The molecular formula is C20H21ClN2O2. The molecule has 130 valence electrons. The Morgan fingerprint density at radius 2 is 1.96 bits per heavy atom. The molecule has 1 saturated heterocycles. The molecule has 2 aromatic rings. The van der Waals surface area contributed by atoms with E-state index in [1.807, 2.05) is 49.4 Å². The number of benzene rings is 2. The van der Waals surface area contributed by atoms with E-state index >= 15 is 0 Å². The van der Waals surface area contributed by atoms with E-state index < -0.39 is 0 Å². The molecule has 0 saturated carbocycles. The molecule has 25 heavy (non-hydrogen) atoms. The van der Waals surface area contributed by atoms with E-state index in [4.69, 9.17) is 11.6 Å². The zero-order valence-electron chi connectivity index (χ0n) is 14.4. The van der Waals surface area contributed by atoms with Crippen molar-refractivity contribution in [2.24, 2.45) is 5.92 Å². The molecule has 0 N–H and O–H groups in total. The first-order valence-electron chi connectivity index (χ1n) is 8.31. The molecule has 1 aliphatic rings. The van der Waals surface area contributed by atoms with Gasteiger partial charge in [-0.05, 0) is 36.2 Å². The van der Waals surface area contributed by atoms with Crippen LogP contribution in [0.4, 0.5) is 5.69 Å². The fourth-order valence-corrected chi connectivity index (χ4v) is 3.50. The van der Waals surface area contributed by atoms with Gasteiger partial charge >= 0.3 is 0 Å². The number of aryl methyl sites for hydroxylation is 1. The van der Waals surface area contributed by atoms with Crippen molar-refractivity contribution in [1.29, 1.82) is 0 Å². The molecule has 0 aromatic heterocycles. The summed E-state index contributed by atoms with van der Waals surface area (Å²) in [6.45, 7) is 2.88. The van der Waals surface area contributed by atoms with Gasteiger partial charge in [0.1, 0.15) is 0 Å². The number of rotatable bonds is 4. The Hall–Kier alpha value is -2.33. The predicted octanol–water partition coefficient (Wildman–Crippen LogP) is 3.66. The lowest BCUT2D eigenvalue weighted by Gasteiger charge is -2.22. The van der Waals surface area contributed by atoms with Gasteiger partial charge in [0.15, 0.2) is 0 Å². The van der Waals surface area contributed by atoms with E-state index in [0.717, 1.165) is 16.8 Å². The van der Waals surface area contributed by atoms with Crippen LogP contribution in [-0.4, -0.2) is 30.3 Å². The predicted molar refractivity (Wildman–Crippen MR) is 99.6 cm³/mol. The lowest BCUT2D eigenvalue weighted by atomic mass is 10.1. The SMILES string of the molecule is Cc1cc(Cl)ccc1N1CC(C(=O)N(C)Cc2ccccc2)CC1=O. The van der Waals surface area contributed by atoms with E-state index in [2.05, 4.69) is 0 Å². The van der Waals surface area contributed by atoms with Gasteiger partial charge in [0.05, 0.1) is 5.92 Å². The van der Waals surface area contributed by atoms with Gasteiger partial charge < -0.3 is 9.80 Å². The number of anilines is 1. The van der Waals surface area contributed by atoms with Gasteiger partial charge in [-0.25, -0.2) is 0 Å². The van der Waals surface area contributed by atoms with E-state index in [1.165, 1.54) is 0 Å². The van der Waals surface area contributed by atoms with Crippen molar-refractivity contribution in [3.8, 4) is 0 Å². The maximum Gasteiger partial charge on any atom is 0.228 e. The van der Waals surface area contributed by atoms with Gasteiger partial charge in [0, 0.05) is 37.3 Å². The third-order valence-corrected chi connectivity index (χ3v) is 4.80. The van der Waals surface area contributed by atoms with Crippen molar-refractivity contribution < 1.29 is 9.59 Å². The maximum atomic E-state index is 12.7. The topological polar surface area (TPSA) is 40.6 Å². The average Bonchev–Trinajstić information content (AvgIpc) is 2.96. The van der Waals surface area contributed by atoms with Crippen molar-refractivity contribution in [2.75, 3.05) is 18.5 Å². The maximum absolute atomic E-state index is 12.7. The van der Waals surface area contributed by atoms with Crippen molar-refractivity contribution in [3.63, 3.8) is 0 Å². The average molecular weight is 357 g/mol.